The Balaban J connectivity index is 2.59. The molecule has 6 heteroatoms. The summed E-state index contributed by atoms with van der Waals surface area (Å²) in [5.74, 6) is 1.02. The molecule has 2 aromatic rings. The van der Waals surface area contributed by atoms with Crippen molar-refractivity contribution in [3.8, 4) is 23.0 Å². The Hall–Kier alpha value is -3.15. The third-order valence-electron chi connectivity index (χ3n) is 3.67. The smallest absolute Gasteiger partial charge is 0.336 e. The first kappa shape index (κ1) is 18.2. The van der Waals surface area contributed by atoms with Crippen molar-refractivity contribution in [2.24, 2.45) is 0 Å². The zero-order chi connectivity index (χ0) is 18.4. The lowest BCUT2D eigenvalue weighted by Crippen LogP contribution is -2.03. The van der Waals surface area contributed by atoms with Gasteiger partial charge in [-0.1, -0.05) is 0 Å². The number of methoxy groups -OCH3 is 4. The van der Waals surface area contributed by atoms with Gasteiger partial charge in [-0.2, -0.15) is 0 Å². The van der Waals surface area contributed by atoms with Crippen molar-refractivity contribution in [1.29, 1.82) is 0 Å². The molecule has 0 saturated heterocycles. The molecule has 0 radical (unpaired) electrons. The molecule has 0 aliphatic carbocycles. The molecule has 0 unspecified atom stereocenters. The minimum atomic E-state index is -1.08. The maximum Gasteiger partial charge on any atom is 0.336 e. The van der Waals surface area contributed by atoms with E-state index in [4.69, 9.17) is 18.9 Å². The quantitative estimate of drug-likeness (QED) is 0.613. The summed E-state index contributed by atoms with van der Waals surface area (Å²) in [4.78, 5) is 11.8. The topological polar surface area (TPSA) is 74.2 Å². The molecule has 132 valence electrons. The van der Waals surface area contributed by atoms with Crippen LogP contribution in [0.4, 0.5) is 0 Å². The van der Waals surface area contributed by atoms with E-state index in [1.807, 2.05) is 0 Å². The van der Waals surface area contributed by atoms with Crippen molar-refractivity contribution in [3.05, 3.63) is 47.5 Å². The predicted octanol–water partition coefficient (Wildman–Crippen LogP) is 3.35. The molecule has 0 fully saturated rings. The molecule has 0 aromatic heterocycles. The molecular weight excluding hydrogens is 324 g/mol. The minimum Gasteiger partial charge on any atom is -0.497 e. The van der Waals surface area contributed by atoms with Gasteiger partial charge in [0.2, 0.25) is 0 Å². The molecule has 0 aliphatic rings. The number of rotatable bonds is 7. The predicted molar refractivity (Wildman–Crippen MR) is 94.6 cm³/mol. The summed E-state index contributed by atoms with van der Waals surface area (Å²) in [6.07, 6.45) is 1.53. The Morgan fingerprint density at radius 3 is 1.92 bits per heavy atom. The highest BCUT2D eigenvalue weighted by Gasteiger charge is 2.17. The van der Waals surface area contributed by atoms with Gasteiger partial charge in [-0.15, -0.1) is 0 Å². The first-order valence-corrected chi connectivity index (χ1v) is 7.43. The van der Waals surface area contributed by atoms with Crippen LogP contribution in [-0.2, 0) is 4.79 Å². The molecule has 0 heterocycles. The van der Waals surface area contributed by atoms with Crippen molar-refractivity contribution in [2.75, 3.05) is 28.4 Å². The first-order chi connectivity index (χ1) is 12.0. The van der Waals surface area contributed by atoms with Crippen LogP contribution in [0, 0.1) is 0 Å². The molecule has 25 heavy (non-hydrogen) atoms. The van der Waals surface area contributed by atoms with E-state index in [9.17, 15) is 9.90 Å². The maximum absolute atomic E-state index is 11.8. The molecule has 6 nitrogen and oxygen atoms in total. The second-order valence-corrected chi connectivity index (χ2v) is 5.04. The van der Waals surface area contributed by atoms with E-state index in [0.717, 1.165) is 0 Å². The average Bonchev–Trinajstić information content (AvgIpc) is 2.65. The molecular formula is C19H20O6. The molecule has 0 bridgehead atoms. The van der Waals surface area contributed by atoms with Crippen molar-refractivity contribution in [1.82, 2.24) is 0 Å². The average molecular weight is 344 g/mol. The van der Waals surface area contributed by atoms with Gasteiger partial charge in [-0.25, -0.2) is 4.79 Å². The lowest BCUT2D eigenvalue weighted by atomic mass is 10.0. The normalized spacial score (nSPS) is 11.0. The van der Waals surface area contributed by atoms with Gasteiger partial charge in [0.25, 0.3) is 0 Å². The van der Waals surface area contributed by atoms with Crippen molar-refractivity contribution < 1.29 is 28.8 Å². The van der Waals surface area contributed by atoms with Crippen LogP contribution < -0.4 is 18.9 Å². The van der Waals surface area contributed by atoms with Gasteiger partial charge in [0.15, 0.2) is 0 Å². The van der Waals surface area contributed by atoms with Gasteiger partial charge in [-0.05, 0) is 30.3 Å². The molecule has 0 spiro atoms. The maximum atomic E-state index is 11.8. The fraction of sp³-hybridized carbons (Fsp3) is 0.211. The SMILES string of the molecule is COc1ccc(/C=C(\C(=O)O)c2ccc(OC)cc2OC)c(OC)c1. The van der Waals surface area contributed by atoms with Gasteiger partial charge >= 0.3 is 5.97 Å². The molecule has 2 rings (SSSR count). The zero-order valence-electron chi connectivity index (χ0n) is 14.5. The van der Waals surface area contributed by atoms with Crippen molar-refractivity contribution in [3.63, 3.8) is 0 Å². The van der Waals surface area contributed by atoms with Crippen LogP contribution in [-0.4, -0.2) is 39.5 Å². The summed E-state index contributed by atoms with van der Waals surface area (Å²) in [5, 5.41) is 9.68. The Bertz CT molecular complexity index is 794. The summed E-state index contributed by atoms with van der Waals surface area (Å²) in [5.41, 5.74) is 1.12. The summed E-state index contributed by atoms with van der Waals surface area (Å²) < 4.78 is 21.0. The van der Waals surface area contributed by atoms with E-state index >= 15 is 0 Å². The Morgan fingerprint density at radius 2 is 1.40 bits per heavy atom. The summed E-state index contributed by atoms with van der Waals surface area (Å²) in [7, 11) is 6.08. The lowest BCUT2D eigenvalue weighted by molar-refractivity contribution is -0.130. The molecule has 0 atom stereocenters. The van der Waals surface area contributed by atoms with Crippen LogP contribution in [0.3, 0.4) is 0 Å². The van der Waals surface area contributed by atoms with Gasteiger partial charge in [0.1, 0.15) is 23.0 Å². The van der Waals surface area contributed by atoms with E-state index < -0.39 is 5.97 Å². The molecule has 0 amide bonds. The van der Waals surface area contributed by atoms with Crippen LogP contribution in [0.25, 0.3) is 11.6 Å². The van der Waals surface area contributed by atoms with Gasteiger partial charge in [-0.3, -0.25) is 0 Å². The molecule has 0 saturated carbocycles. The van der Waals surface area contributed by atoms with E-state index in [1.165, 1.54) is 27.4 Å². The molecule has 0 aliphatic heterocycles. The minimum absolute atomic E-state index is 0.0722. The third-order valence-corrected chi connectivity index (χ3v) is 3.67. The number of hydrogen-bond acceptors (Lipinski definition) is 5. The highest BCUT2D eigenvalue weighted by molar-refractivity contribution is 6.21. The fourth-order valence-electron chi connectivity index (χ4n) is 2.37. The number of hydrogen-bond donors (Lipinski definition) is 1. The van der Waals surface area contributed by atoms with Crippen molar-refractivity contribution in [2.45, 2.75) is 0 Å². The van der Waals surface area contributed by atoms with Gasteiger partial charge in [0, 0.05) is 23.3 Å². The number of benzene rings is 2. The lowest BCUT2D eigenvalue weighted by Gasteiger charge is -2.12. The summed E-state index contributed by atoms with van der Waals surface area (Å²) in [6.45, 7) is 0. The Labute approximate surface area is 146 Å². The number of aliphatic carboxylic acids is 1. The van der Waals surface area contributed by atoms with Gasteiger partial charge in [0.05, 0.1) is 34.0 Å². The largest absolute Gasteiger partial charge is 0.497 e. The van der Waals surface area contributed by atoms with Crippen LogP contribution >= 0.6 is 0 Å². The second kappa shape index (κ2) is 8.10. The fourth-order valence-corrected chi connectivity index (χ4v) is 2.37. The Kier molecular flexibility index (Phi) is 5.89. The van der Waals surface area contributed by atoms with Crippen LogP contribution in [0.1, 0.15) is 11.1 Å². The number of carbonyl (C=O) groups is 1. The highest BCUT2D eigenvalue weighted by atomic mass is 16.5. The second-order valence-electron chi connectivity index (χ2n) is 5.04. The van der Waals surface area contributed by atoms with Gasteiger partial charge < -0.3 is 24.1 Å². The van der Waals surface area contributed by atoms with E-state index in [1.54, 1.807) is 43.5 Å². The zero-order valence-corrected chi connectivity index (χ0v) is 14.5. The Morgan fingerprint density at radius 1 is 0.840 bits per heavy atom. The number of carboxylic acids is 1. The third kappa shape index (κ3) is 4.03. The molecule has 1 N–H and O–H groups in total. The monoisotopic (exact) mass is 344 g/mol. The summed E-state index contributed by atoms with van der Waals surface area (Å²) >= 11 is 0. The van der Waals surface area contributed by atoms with E-state index in [-0.39, 0.29) is 5.57 Å². The van der Waals surface area contributed by atoms with Crippen LogP contribution in [0.5, 0.6) is 23.0 Å². The number of carboxylic acid groups (broad SMARTS) is 1. The van der Waals surface area contributed by atoms with E-state index in [0.29, 0.717) is 34.1 Å². The van der Waals surface area contributed by atoms with Crippen LogP contribution in [0.2, 0.25) is 0 Å². The highest BCUT2D eigenvalue weighted by Crippen LogP contribution is 2.34. The first-order valence-electron chi connectivity index (χ1n) is 7.43. The number of ether oxygens (including phenoxy) is 4. The standard InChI is InChI=1S/C19H20O6/c1-22-13-6-5-12(17(10-13)24-3)9-16(19(20)21)15-8-7-14(23-2)11-18(15)25-4/h5-11H,1-4H3,(H,20,21)/b16-9-. The molecule has 2 aromatic carbocycles. The van der Waals surface area contributed by atoms with E-state index in [2.05, 4.69) is 0 Å². The van der Waals surface area contributed by atoms with Crippen LogP contribution in [0.15, 0.2) is 36.4 Å². The van der Waals surface area contributed by atoms with Crippen molar-refractivity contribution >= 4 is 17.6 Å². The summed E-state index contributed by atoms with van der Waals surface area (Å²) in [6, 6.07) is 10.1.